The molecule has 3 aromatic rings. The molecule has 0 unspecified atom stereocenters. The third-order valence-electron chi connectivity index (χ3n) is 7.06. The number of rotatable bonds is 8. The fourth-order valence-corrected chi connectivity index (χ4v) is 5.36. The first-order valence-electron chi connectivity index (χ1n) is 13.5. The van der Waals surface area contributed by atoms with E-state index in [2.05, 4.69) is 60.1 Å². The SMILES string of the molecule is CC.CCCCN(CCC)c1ncnc2ccc(C3=CCc4nc(C5CCCC5)ccc43)cc12. The highest BCUT2D eigenvalue weighted by molar-refractivity contribution is 5.94. The van der Waals surface area contributed by atoms with E-state index in [1.54, 1.807) is 6.33 Å². The van der Waals surface area contributed by atoms with E-state index in [-0.39, 0.29) is 0 Å². The highest BCUT2D eigenvalue weighted by atomic mass is 15.2. The summed E-state index contributed by atoms with van der Waals surface area (Å²) in [4.78, 5) is 16.8. The lowest BCUT2D eigenvalue weighted by Crippen LogP contribution is -2.26. The van der Waals surface area contributed by atoms with Gasteiger partial charge in [-0.15, -0.1) is 0 Å². The minimum atomic E-state index is 0.664. The Morgan fingerprint density at radius 3 is 2.53 bits per heavy atom. The van der Waals surface area contributed by atoms with Crippen LogP contribution in [-0.4, -0.2) is 28.0 Å². The van der Waals surface area contributed by atoms with Crippen molar-refractivity contribution in [3.8, 4) is 0 Å². The molecule has 0 spiro atoms. The molecule has 0 N–H and O–H groups in total. The van der Waals surface area contributed by atoms with E-state index >= 15 is 0 Å². The third kappa shape index (κ3) is 5.01. The van der Waals surface area contributed by atoms with Crippen LogP contribution < -0.4 is 4.90 Å². The van der Waals surface area contributed by atoms with Crippen LogP contribution in [0.5, 0.6) is 0 Å². The quantitative estimate of drug-likeness (QED) is 0.348. The second kappa shape index (κ2) is 11.6. The smallest absolute Gasteiger partial charge is 0.139 e. The zero-order valence-electron chi connectivity index (χ0n) is 21.5. The van der Waals surface area contributed by atoms with Gasteiger partial charge < -0.3 is 4.90 Å². The number of allylic oxidation sites excluding steroid dienone is 1. The van der Waals surface area contributed by atoms with Gasteiger partial charge in [0.25, 0.3) is 0 Å². The van der Waals surface area contributed by atoms with Crippen molar-refractivity contribution in [2.24, 2.45) is 0 Å². The topological polar surface area (TPSA) is 41.9 Å². The van der Waals surface area contributed by atoms with E-state index in [0.29, 0.717) is 5.92 Å². The largest absolute Gasteiger partial charge is 0.356 e. The van der Waals surface area contributed by atoms with Crippen LogP contribution in [0.4, 0.5) is 5.82 Å². The minimum absolute atomic E-state index is 0.664. The number of pyridine rings is 1. The van der Waals surface area contributed by atoms with Crippen LogP contribution >= 0.6 is 0 Å². The number of anilines is 1. The zero-order valence-corrected chi connectivity index (χ0v) is 21.5. The molecule has 1 saturated carbocycles. The maximum Gasteiger partial charge on any atom is 0.139 e. The Kier molecular flexibility index (Phi) is 8.31. The molecule has 1 aromatic carbocycles. The van der Waals surface area contributed by atoms with Crippen LogP contribution in [0.1, 0.15) is 101 Å². The van der Waals surface area contributed by atoms with Crippen molar-refractivity contribution in [2.75, 3.05) is 18.0 Å². The predicted octanol–water partition coefficient (Wildman–Crippen LogP) is 7.71. The van der Waals surface area contributed by atoms with E-state index < -0.39 is 0 Å². The number of nitrogens with zero attached hydrogens (tertiary/aromatic N) is 4. The van der Waals surface area contributed by atoms with Crippen LogP contribution in [0.15, 0.2) is 42.7 Å². The van der Waals surface area contributed by atoms with Gasteiger partial charge in [-0.05, 0) is 55.0 Å². The highest BCUT2D eigenvalue weighted by Gasteiger charge is 2.23. The molecule has 0 aliphatic heterocycles. The van der Waals surface area contributed by atoms with Gasteiger partial charge in [-0.1, -0.05) is 65.2 Å². The van der Waals surface area contributed by atoms with Gasteiger partial charge in [0.15, 0.2) is 0 Å². The number of hydrogen-bond acceptors (Lipinski definition) is 4. The molecule has 5 rings (SSSR count). The standard InChI is InChI=1S/C28H34N4.C2H6/c1-3-5-17-32(16-4-2)28-24-18-21(10-13-26(24)29-19-30-28)22-11-15-27-23(22)12-14-25(31-27)20-8-6-7-9-20;1-2/h10-14,18-20H,3-9,15-17H2,1-2H3;1-2H3. The molecule has 0 bridgehead atoms. The molecule has 4 nitrogen and oxygen atoms in total. The molecular weight excluding hydrogens is 416 g/mol. The number of hydrogen-bond donors (Lipinski definition) is 0. The lowest BCUT2D eigenvalue weighted by molar-refractivity contribution is 0.693. The zero-order chi connectivity index (χ0) is 23.9. The Balaban J connectivity index is 0.00000133. The molecule has 2 heterocycles. The lowest BCUT2D eigenvalue weighted by atomic mass is 9.97. The van der Waals surface area contributed by atoms with Crippen LogP contribution in [0.3, 0.4) is 0 Å². The first-order valence-corrected chi connectivity index (χ1v) is 13.5. The molecule has 0 radical (unpaired) electrons. The maximum atomic E-state index is 5.09. The molecule has 0 saturated heterocycles. The van der Waals surface area contributed by atoms with Crippen molar-refractivity contribution in [2.45, 2.75) is 85.0 Å². The molecule has 0 amide bonds. The van der Waals surface area contributed by atoms with Crippen molar-refractivity contribution in [1.82, 2.24) is 15.0 Å². The van der Waals surface area contributed by atoms with Crippen molar-refractivity contribution < 1.29 is 0 Å². The lowest BCUT2D eigenvalue weighted by Gasteiger charge is -2.24. The summed E-state index contributed by atoms with van der Waals surface area (Å²) in [5, 5.41) is 1.15. The van der Waals surface area contributed by atoms with Gasteiger partial charge in [0.2, 0.25) is 0 Å². The van der Waals surface area contributed by atoms with Crippen molar-refractivity contribution in [3.05, 3.63) is 65.2 Å². The third-order valence-corrected chi connectivity index (χ3v) is 7.06. The van der Waals surface area contributed by atoms with E-state index in [1.807, 2.05) is 13.8 Å². The van der Waals surface area contributed by atoms with Crippen LogP contribution in [0.25, 0.3) is 16.5 Å². The van der Waals surface area contributed by atoms with Crippen molar-refractivity contribution >= 4 is 22.3 Å². The molecule has 2 aliphatic carbocycles. The number of unbranched alkanes of at least 4 members (excludes halogenated alkanes) is 1. The van der Waals surface area contributed by atoms with Gasteiger partial charge in [-0.25, -0.2) is 9.97 Å². The summed E-state index contributed by atoms with van der Waals surface area (Å²) >= 11 is 0. The maximum absolute atomic E-state index is 5.09. The van der Waals surface area contributed by atoms with Crippen LogP contribution in [0, 0.1) is 0 Å². The van der Waals surface area contributed by atoms with Crippen LogP contribution in [-0.2, 0) is 6.42 Å². The summed E-state index contributed by atoms with van der Waals surface area (Å²) in [6.07, 6.45) is 13.8. The fraction of sp³-hybridized carbons (Fsp3) is 0.500. The highest BCUT2D eigenvalue weighted by Crippen LogP contribution is 2.38. The molecule has 4 heteroatoms. The Morgan fingerprint density at radius 2 is 1.76 bits per heavy atom. The van der Waals surface area contributed by atoms with Crippen molar-refractivity contribution in [1.29, 1.82) is 0 Å². The predicted molar refractivity (Wildman–Crippen MR) is 145 cm³/mol. The second-order valence-electron chi connectivity index (χ2n) is 9.30. The first kappa shape index (κ1) is 24.4. The number of aromatic nitrogens is 3. The Hall–Kier alpha value is -2.75. The van der Waals surface area contributed by atoms with Gasteiger partial charge in [0.1, 0.15) is 12.1 Å². The van der Waals surface area contributed by atoms with E-state index in [1.165, 1.54) is 66.6 Å². The van der Waals surface area contributed by atoms with Gasteiger partial charge >= 0.3 is 0 Å². The summed E-state index contributed by atoms with van der Waals surface area (Å²) in [6.45, 7) is 10.5. The molecule has 2 aliphatic rings. The average molecular weight is 457 g/mol. The Labute approximate surface area is 205 Å². The second-order valence-corrected chi connectivity index (χ2v) is 9.30. The molecule has 2 aromatic heterocycles. The number of benzene rings is 1. The summed E-state index contributed by atoms with van der Waals surface area (Å²) in [7, 11) is 0. The van der Waals surface area contributed by atoms with Crippen LogP contribution in [0.2, 0.25) is 0 Å². The molecular formula is C30H40N4. The van der Waals surface area contributed by atoms with Gasteiger partial charge in [-0.2, -0.15) is 0 Å². The molecule has 0 atom stereocenters. The van der Waals surface area contributed by atoms with E-state index in [4.69, 9.17) is 9.97 Å². The normalized spacial score (nSPS) is 15.1. The summed E-state index contributed by atoms with van der Waals surface area (Å²) in [6, 6.07) is 11.2. The average Bonchev–Trinajstić information content (AvgIpc) is 3.57. The van der Waals surface area contributed by atoms with Crippen molar-refractivity contribution in [3.63, 3.8) is 0 Å². The molecule has 34 heavy (non-hydrogen) atoms. The molecule has 1 fully saturated rings. The monoisotopic (exact) mass is 456 g/mol. The summed E-state index contributed by atoms with van der Waals surface area (Å²) in [5.41, 5.74) is 7.40. The van der Waals surface area contributed by atoms with Gasteiger partial charge in [-0.3, -0.25) is 4.98 Å². The van der Waals surface area contributed by atoms with E-state index in [0.717, 1.165) is 42.7 Å². The minimum Gasteiger partial charge on any atom is -0.356 e. The van der Waals surface area contributed by atoms with Gasteiger partial charge in [0.05, 0.1) is 11.2 Å². The fourth-order valence-electron chi connectivity index (χ4n) is 5.36. The Morgan fingerprint density at radius 1 is 0.941 bits per heavy atom. The summed E-state index contributed by atoms with van der Waals surface area (Å²) < 4.78 is 0. The Bertz CT molecular complexity index is 1130. The summed E-state index contributed by atoms with van der Waals surface area (Å²) in [5.74, 6) is 1.73. The van der Waals surface area contributed by atoms with Gasteiger partial charge in [0, 0.05) is 42.1 Å². The van der Waals surface area contributed by atoms with E-state index in [9.17, 15) is 0 Å². The first-order chi connectivity index (χ1) is 16.8. The molecule has 180 valence electrons. The number of fused-ring (bicyclic) bond motifs is 2.